The van der Waals surface area contributed by atoms with Gasteiger partial charge in [-0.3, -0.25) is 0 Å². The first-order valence-corrected chi connectivity index (χ1v) is 6.22. The predicted molar refractivity (Wildman–Crippen MR) is 69.4 cm³/mol. The molecule has 4 heteroatoms. The van der Waals surface area contributed by atoms with Gasteiger partial charge < -0.3 is 14.7 Å². The van der Waals surface area contributed by atoms with E-state index in [1.54, 1.807) is 6.07 Å². The molecule has 1 aliphatic rings. The van der Waals surface area contributed by atoms with Gasteiger partial charge in [0.05, 0.1) is 5.56 Å². The molecular weight excluding hydrogens is 230 g/mol. The quantitative estimate of drug-likeness (QED) is 0.839. The van der Waals surface area contributed by atoms with Gasteiger partial charge >= 0.3 is 5.97 Å². The molecule has 0 heterocycles. The van der Waals surface area contributed by atoms with E-state index in [9.17, 15) is 9.90 Å². The van der Waals surface area contributed by atoms with Crippen LogP contribution < -0.4 is 4.74 Å². The van der Waals surface area contributed by atoms with E-state index in [1.165, 1.54) is 0 Å². The second kappa shape index (κ2) is 5.40. The lowest BCUT2D eigenvalue weighted by Crippen LogP contribution is -2.19. The third kappa shape index (κ3) is 3.23. The lowest BCUT2D eigenvalue weighted by atomic mass is 10.0. The summed E-state index contributed by atoms with van der Waals surface area (Å²) in [5.74, 6) is 0.209. The SMILES string of the molecule is CN(C)CCOc1ccc(C2CC2)c(C(=O)O)c1. The molecule has 98 valence electrons. The first kappa shape index (κ1) is 12.9. The Labute approximate surface area is 107 Å². The van der Waals surface area contributed by atoms with Crippen molar-refractivity contribution in [3.63, 3.8) is 0 Å². The zero-order valence-electron chi connectivity index (χ0n) is 10.8. The van der Waals surface area contributed by atoms with Crippen LogP contribution in [-0.4, -0.2) is 43.2 Å². The van der Waals surface area contributed by atoms with Crippen LogP contribution in [0, 0.1) is 0 Å². The number of carboxylic acids is 1. The predicted octanol–water partition coefficient (Wildman–Crippen LogP) is 2.20. The van der Waals surface area contributed by atoms with Crippen molar-refractivity contribution >= 4 is 5.97 Å². The number of hydrogen-bond acceptors (Lipinski definition) is 3. The Bertz CT molecular complexity index is 439. The Balaban J connectivity index is 2.08. The van der Waals surface area contributed by atoms with Gasteiger partial charge in [0.2, 0.25) is 0 Å². The van der Waals surface area contributed by atoms with E-state index < -0.39 is 5.97 Å². The molecule has 1 aliphatic carbocycles. The second-order valence-electron chi connectivity index (χ2n) is 4.98. The fourth-order valence-corrected chi connectivity index (χ4v) is 1.91. The number of carbonyl (C=O) groups is 1. The van der Waals surface area contributed by atoms with Gasteiger partial charge in [-0.15, -0.1) is 0 Å². The largest absolute Gasteiger partial charge is 0.492 e. The standard InChI is InChI=1S/C14H19NO3/c1-15(2)7-8-18-11-5-6-12(10-3-4-10)13(9-11)14(16)17/h5-6,9-10H,3-4,7-8H2,1-2H3,(H,16,17). The van der Waals surface area contributed by atoms with Gasteiger partial charge in [-0.05, 0) is 50.6 Å². The lowest BCUT2D eigenvalue weighted by Gasteiger charge is -2.12. The highest BCUT2D eigenvalue weighted by Crippen LogP contribution is 2.42. The molecule has 1 saturated carbocycles. The van der Waals surface area contributed by atoms with Crippen LogP contribution in [-0.2, 0) is 0 Å². The van der Waals surface area contributed by atoms with E-state index in [2.05, 4.69) is 0 Å². The topological polar surface area (TPSA) is 49.8 Å². The number of hydrogen-bond donors (Lipinski definition) is 1. The third-order valence-corrected chi connectivity index (χ3v) is 3.08. The number of rotatable bonds is 6. The molecule has 2 rings (SSSR count). The normalized spacial score (nSPS) is 14.8. The maximum absolute atomic E-state index is 11.2. The maximum Gasteiger partial charge on any atom is 0.336 e. The molecule has 4 nitrogen and oxygen atoms in total. The second-order valence-corrected chi connectivity index (χ2v) is 4.98. The summed E-state index contributed by atoms with van der Waals surface area (Å²) in [6, 6.07) is 5.41. The summed E-state index contributed by atoms with van der Waals surface area (Å²) in [5, 5.41) is 9.22. The molecule has 0 atom stereocenters. The molecule has 1 aromatic carbocycles. The molecule has 0 bridgehead atoms. The van der Waals surface area contributed by atoms with Crippen molar-refractivity contribution in [1.29, 1.82) is 0 Å². The summed E-state index contributed by atoms with van der Waals surface area (Å²) in [6.45, 7) is 1.38. The van der Waals surface area contributed by atoms with E-state index in [1.807, 2.05) is 31.1 Å². The number of benzene rings is 1. The van der Waals surface area contributed by atoms with Crippen molar-refractivity contribution in [3.05, 3.63) is 29.3 Å². The molecule has 0 amide bonds. The first-order valence-electron chi connectivity index (χ1n) is 6.22. The van der Waals surface area contributed by atoms with Crippen LogP contribution in [0.3, 0.4) is 0 Å². The molecule has 1 aromatic rings. The number of aromatic carboxylic acids is 1. The van der Waals surface area contributed by atoms with Crippen LogP contribution in [0.2, 0.25) is 0 Å². The molecule has 0 radical (unpaired) electrons. The molecule has 1 fully saturated rings. The Kier molecular flexibility index (Phi) is 3.87. The van der Waals surface area contributed by atoms with Crippen LogP contribution in [0.5, 0.6) is 5.75 Å². The number of carboxylic acid groups (broad SMARTS) is 1. The molecular formula is C14H19NO3. The fraction of sp³-hybridized carbons (Fsp3) is 0.500. The van der Waals surface area contributed by atoms with Gasteiger partial charge in [-0.1, -0.05) is 6.07 Å². The Morgan fingerprint density at radius 3 is 2.72 bits per heavy atom. The summed E-state index contributed by atoms with van der Waals surface area (Å²) >= 11 is 0. The average molecular weight is 249 g/mol. The highest BCUT2D eigenvalue weighted by molar-refractivity contribution is 5.90. The van der Waals surface area contributed by atoms with Crippen LogP contribution in [0.15, 0.2) is 18.2 Å². The summed E-state index contributed by atoms with van der Waals surface area (Å²) in [7, 11) is 3.95. The molecule has 0 unspecified atom stereocenters. The van der Waals surface area contributed by atoms with Gasteiger partial charge in [0.15, 0.2) is 0 Å². The van der Waals surface area contributed by atoms with Crippen molar-refractivity contribution in [2.75, 3.05) is 27.2 Å². The minimum absolute atomic E-state index is 0.389. The smallest absolute Gasteiger partial charge is 0.336 e. The Hall–Kier alpha value is -1.55. The zero-order valence-corrected chi connectivity index (χ0v) is 10.8. The Morgan fingerprint density at radius 2 is 2.17 bits per heavy atom. The van der Waals surface area contributed by atoms with E-state index >= 15 is 0 Å². The van der Waals surface area contributed by atoms with Crippen LogP contribution in [0.4, 0.5) is 0 Å². The zero-order chi connectivity index (χ0) is 13.1. The highest BCUT2D eigenvalue weighted by Gasteiger charge is 2.28. The molecule has 1 N–H and O–H groups in total. The van der Waals surface area contributed by atoms with Crippen molar-refractivity contribution in [3.8, 4) is 5.75 Å². The van der Waals surface area contributed by atoms with Crippen molar-refractivity contribution in [1.82, 2.24) is 4.90 Å². The van der Waals surface area contributed by atoms with Gasteiger partial charge in [0.1, 0.15) is 12.4 Å². The van der Waals surface area contributed by atoms with Gasteiger partial charge in [0, 0.05) is 6.54 Å². The fourth-order valence-electron chi connectivity index (χ4n) is 1.91. The van der Waals surface area contributed by atoms with E-state index in [0.717, 1.165) is 24.9 Å². The third-order valence-electron chi connectivity index (χ3n) is 3.08. The van der Waals surface area contributed by atoms with Crippen LogP contribution in [0.25, 0.3) is 0 Å². The van der Waals surface area contributed by atoms with Crippen molar-refractivity contribution in [2.24, 2.45) is 0 Å². The van der Waals surface area contributed by atoms with Gasteiger partial charge in [-0.2, -0.15) is 0 Å². The number of nitrogens with zero attached hydrogens (tertiary/aromatic N) is 1. The molecule has 18 heavy (non-hydrogen) atoms. The van der Waals surface area contributed by atoms with Gasteiger partial charge in [0.25, 0.3) is 0 Å². The average Bonchev–Trinajstić information content (AvgIpc) is 3.12. The number of ether oxygens (including phenoxy) is 1. The van der Waals surface area contributed by atoms with E-state index in [-0.39, 0.29) is 0 Å². The minimum atomic E-state index is -0.866. The molecule has 0 aliphatic heterocycles. The molecule has 0 spiro atoms. The summed E-state index contributed by atoms with van der Waals surface area (Å²) in [4.78, 5) is 13.2. The summed E-state index contributed by atoms with van der Waals surface area (Å²) in [5.41, 5.74) is 1.34. The lowest BCUT2D eigenvalue weighted by molar-refractivity contribution is 0.0695. The minimum Gasteiger partial charge on any atom is -0.492 e. The van der Waals surface area contributed by atoms with E-state index in [4.69, 9.17) is 4.74 Å². The van der Waals surface area contributed by atoms with Crippen molar-refractivity contribution in [2.45, 2.75) is 18.8 Å². The van der Waals surface area contributed by atoms with E-state index in [0.29, 0.717) is 23.8 Å². The monoisotopic (exact) mass is 249 g/mol. The number of likely N-dealkylation sites (N-methyl/N-ethyl adjacent to an activating group) is 1. The van der Waals surface area contributed by atoms with Crippen LogP contribution in [0.1, 0.15) is 34.7 Å². The molecule has 0 saturated heterocycles. The summed E-state index contributed by atoms with van der Waals surface area (Å²) in [6.07, 6.45) is 2.20. The maximum atomic E-state index is 11.2. The van der Waals surface area contributed by atoms with Crippen molar-refractivity contribution < 1.29 is 14.6 Å². The van der Waals surface area contributed by atoms with Crippen LogP contribution >= 0.6 is 0 Å². The molecule has 0 aromatic heterocycles. The first-order chi connectivity index (χ1) is 8.58. The van der Waals surface area contributed by atoms with Gasteiger partial charge in [-0.25, -0.2) is 4.79 Å². The summed E-state index contributed by atoms with van der Waals surface area (Å²) < 4.78 is 5.56. The Morgan fingerprint density at radius 1 is 1.44 bits per heavy atom. The highest BCUT2D eigenvalue weighted by atomic mass is 16.5.